The van der Waals surface area contributed by atoms with Gasteiger partial charge >= 0.3 is 0 Å². The van der Waals surface area contributed by atoms with E-state index in [-0.39, 0.29) is 0 Å². The molecule has 4 nitrogen and oxygen atoms in total. The van der Waals surface area contributed by atoms with Crippen LogP contribution >= 0.6 is 11.3 Å². The van der Waals surface area contributed by atoms with Gasteiger partial charge in [0.15, 0.2) is 0 Å². The molecule has 5 heteroatoms. The summed E-state index contributed by atoms with van der Waals surface area (Å²) < 4.78 is 2.29. The van der Waals surface area contributed by atoms with Crippen molar-refractivity contribution in [3.05, 3.63) is 45.1 Å². The van der Waals surface area contributed by atoms with Gasteiger partial charge in [-0.3, -0.25) is 0 Å². The molecule has 0 spiro atoms. The van der Waals surface area contributed by atoms with Crippen LogP contribution in [0.5, 0.6) is 0 Å². The third-order valence-corrected chi connectivity index (χ3v) is 6.31. The van der Waals surface area contributed by atoms with Crippen LogP contribution in [0.3, 0.4) is 0 Å². The molecule has 0 radical (unpaired) electrons. The van der Waals surface area contributed by atoms with E-state index in [1.54, 1.807) is 11.3 Å². The van der Waals surface area contributed by atoms with Crippen molar-refractivity contribution in [2.24, 2.45) is 4.99 Å². The van der Waals surface area contributed by atoms with Crippen LogP contribution in [0, 0.1) is 6.92 Å². The molecule has 2 aromatic rings. The van der Waals surface area contributed by atoms with Crippen LogP contribution < -0.4 is 15.2 Å². The molecule has 1 aromatic heterocycles. The first-order valence-electron chi connectivity index (χ1n) is 8.72. The van der Waals surface area contributed by atoms with Crippen molar-refractivity contribution in [3.63, 3.8) is 0 Å². The number of fused-ring (bicyclic) bond motifs is 2. The predicted molar refractivity (Wildman–Crippen MR) is 101 cm³/mol. The summed E-state index contributed by atoms with van der Waals surface area (Å²) in [6.07, 6.45) is 0. The fraction of sp³-hybridized carbons (Fsp3) is 0.421. The maximum Gasteiger partial charge on any atom is 0.127 e. The average Bonchev–Trinajstić information content (AvgIpc) is 2.88. The Kier molecular flexibility index (Phi) is 3.85. The molecular weight excluding hydrogens is 316 g/mol. The number of piperazine rings is 1. The maximum atomic E-state index is 4.92. The molecule has 2 aliphatic rings. The summed E-state index contributed by atoms with van der Waals surface area (Å²) in [5.74, 6) is 1.23. The van der Waals surface area contributed by atoms with Crippen molar-refractivity contribution in [2.45, 2.75) is 13.8 Å². The van der Waals surface area contributed by atoms with E-state index in [0.717, 1.165) is 29.1 Å². The van der Waals surface area contributed by atoms with Crippen LogP contribution in [0.15, 0.2) is 35.3 Å². The molecule has 0 aliphatic carbocycles. The van der Waals surface area contributed by atoms with Crippen LogP contribution in [0.1, 0.15) is 11.8 Å². The average molecular weight is 342 g/mol. The SMILES string of the molecule is CC[N+]1(C)CCN(C2=c3cc(C)sc3=Nc3ccccc3N2)CC1. The van der Waals surface area contributed by atoms with Crippen molar-refractivity contribution in [3.8, 4) is 0 Å². The van der Waals surface area contributed by atoms with Gasteiger partial charge in [0, 0.05) is 4.88 Å². The molecule has 1 fully saturated rings. The quantitative estimate of drug-likeness (QED) is 0.849. The van der Waals surface area contributed by atoms with Gasteiger partial charge < -0.3 is 14.7 Å². The van der Waals surface area contributed by atoms with E-state index in [9.17, 15) is 0 Å². The highest BCUT2D eigenvalue weighted by molar-refractivity contribution is 7.09. The molecule has 24 heavy (non-hydrogen) atoms. The van der Waals surface area contributed by atoms with E-state index in [0.29, 0.717) is 0 Å². The van der Waals surface area contributed by atoms with Crippen molar-refractivity contribution in [1.82, 2.24) is 4.90 Å². The van der Waals surface area contributed by atoms with Crippen molar-refractivity contribution in [2.75, 3.05) is 45.1 Å². The Bertz CT molecular complexity index is 875. The third-order valence-electron chi connectivity index (χ3n) is 5.37. The molecule has 1 saturated heterocycles. The first kappa shape index (κ1) is 15.7. The first-order chi connectivity index (χ1) is 11.6. The zero-order valence-corrected chi connectivity index (χ0v) is 15.5. The summed E-state index contributed by atoms with van der Waals surface area (Å²) in [5, 5.41) is 4.94. The molecule has 2 aliphatic heterocycles. The van der Waals surface area contributed by atoms with E-state index in [1.165, 1.54) is 40.0 Å². The fourth-order valence-corrected chi connectivity index (χ4v) is 4.36. The first-order valence-corrected chi connectivity index (χ1v) is 9.54. The molecule has 0 bridgehead atoms. The van der Waals surface area contributed by atoms with Crippen LogP contribution in [0.4, 0.5) is 11.4 Å². The number of anilines is 1. The van der Waals surface area contributed by atoms with Crippen molar-refractivity contribution >= 4 is 28.5 Å². The molecule has 0 amide bonds. The highest BCUT2D eigenvalue weighted by Gasteiger charge is 2.29. The largest absolute Gasteiger partial charge is 0.346 e. The van der Waals surface area contributed by atoms with E-state index in [1.807, 2.05) is 0 Å². The highest BCUT2D eigenvalue weighted by Crippen LogP contribution is 2.28. The number of aryl methyl sites for hydroxylation is 1. The van der Waals surface area contributed by atoms with Gasteiger partial charge in [-0.05, 0) is 32.0 Å². The highest BCUT2D eigenvalue weighted by atomic mass is 32.1. The molecule has 1 aromatic carbocycles. The van der Waals surface area contributed by atoms with Crippen LogP contribution in [-0.4, -0.2) is 49.2 Å². The minimum absolute atomic E-state index is 1.03. The van der Waals surface area contributed by atoms with Crippen LogP contribution in [-0.2, 0) is 0 Å². The monoisotopic (exact) mass is 341 g/mol. The lowest BCUT2D eigenvalue weighted by Gasteiger charge is -2.42. The Morgan fingerprint density at radius 2 is 2.00 bits per heavy atom. The van der Waals surface area contributed by atoms with Crippen molar-refractivity contribution in [1.29, 1.82) is 0 Å². The van der Waals surface area contributed by atoms with Gasteiger partial charge in [0.05, 0.1) is 56.4 Å². The van der Waals surface area contributed by atoms with Gasteiger partial charge in [0.2, 0.25) is 0 Å². The second-order valence-electron chi connectivity index (χ2n) is 7.05. The van der Waals surface area contributed by atoms with E-state index < -0.39 is 0 Å². The van der Waals surface area contributed by atoms with E-state index >= 15 is 0 Å². The Morgan fingerprint density at radius 3 is 2.75 bits per heavy atom. The minimum Gasteiger partial charge on any atom is -0.346 e. The number of benzene rings is 1. The number of likely N-dealkylation sites (N-methyl/N-ethyl adjacent to an activating group) is 1. The van der Waals surface area contributed by atoms with Crippen molar-refractivity contribution < 1.29 is 4.48 Å². The minimum atomic E-state index is 1.03. The molecule has 1 N–H and O–H groups in total. The molecular formula is C19H25N4S+. The Labute approximate surface area is 147 Å². The topological polar surface area (TPSA) is 27.6 Å². The third kappa shape index (κ3) is 2.72. The number of hydrogen-bond donors (Lipinski definition) is 1. The number of para-hydroxylation sites is 2. The zero-order chi connectivity index (χ0) is 16.7. The molecule has 0 unspecified atom stereocenters. The van der Waals surface area contributed by atoms with E-state index in [2.05, 4.69) is 61.4 Å². The predicted octanol–water partition coefficient (Wildman–Crippen LogP) is 2.28. The molecule has 4 rings (SSSR count). The smallest absolute Gasteiger partial charge is 0.127 e. The summed E-state index contributed by atoms with van der Waals surface area (Å²) >= 11 is 1.78. The number of quaternary nitrogens is 1. The Balaban J connectivity index is 1.79. The second kappa shape index (κ2) is 5.90. The normalized spacial score (nSPS) is 19.0. The lowest BCUT2D eigenvalue weighted by atomic mass is 10.2. The fourth-order valence-electron chi connectivity index (χ4n) is 3.47. The summed E-state index contributed by atoms with van der Waals surface area (Å²) in [4.78, 5) is 8.74. The maximum absolute atomic E-state index is 4.92. The number of rotatable bonds is 2. The van der Waals surface area contributed by atoms with Crippen LogP contribution in [0.2, 0.25) is 0 Å². The van der Waals surface area contributed by atoms with Gasteiger partial charge in [-0.1, -0.05) is 12.1 Å². The van der Waals surface area contributed by atoms with Gasteiger partial charge in [-0.25, -0.2) is 4.99 Å². The van der Waals surface area contributed by atoms with Gasteiger partial charge in [-0.15, -0.1) is 11.3 Å². The summed E-state index contributed by atoms with van der Waals surface area (Å²) in [6, 6.07) is 10.6. The summed E-state index contributed by atoms with van der Waals surface area (Å²) in [7, 11) is 2.37. The lowest BCUT2D eigenvalue weighted by molar-refractivity contribution is -0.911. The van der Waals surface area contributed by atoms with E-state index in [4.69, 9.17) is 4.99 Å². The molecule has 3 heterocycles. The van der Waals surface area contributed by atoms with Gasteiger partial charge in [0.1, 0.15) is 10.5 Å². The Hall–Kier alpha value is -1.85. The molecule has 0 atom stereocenters. The lowest BCUT2D eigenvalue weighted by Crippen LogP contribution is -2.57. The Morgan fingerprint density at radius 1 is 1.25 bits per heavy atom. The number of thiophene rings is 1. The summed E-state index contributed by atoms with van der Waals surface area (Å²) in [6.45, 7) is 10.2. The zero-order valence-electron chi connectivity index (χ0n) is 14.7. The second-order valence-corrected chi connectivity index (χ2v) is 8.28. The number of hydrogen-bond acceptors (Lipinski definition) is 4. The number of nitrogens with one attached hydrogen (secondary N) is 1. The number of nitrogens with zero attached hydrogens (tertiary/aromatic N) is 3. The summed E-state index contributed by atoms with van der Waals surface area (Å²) in [5.41, 5.74) is 2.13. The molecule has 0 saturated carbocycles. The van der Waals surface area contributed by atoms with Gasteiger partial charge in [0.25, 0.3) is 0 Å². The standard InChI is InChI=1S/C19H25N4S/c1-4-23(3)11-9-22(10-12-23)18-15-13-14(2)24-19(15)21-17-8-6-5-7-16(17)20-18/h5-8,13,20H,4,9-12H2,1-3H3/q+1. The van der Waals surface area contributed by atoms with Crippen LogP contribution in [0.25, 0.3) is 5.82 Å². The van der Waals surface area contributed by atoms with Gasteiger partial charge in [-0.2, -0.15) is 0 Å². The molecule has 126 valence electrons.